The van der Waals surface area contributed by atoms with Crippen molar-refractivity contribution >= 4 is 16.9 Å². The summed E-state index contributed by atoms with van der Waals surface area (Å²) in [6, 6.07) is 5.16. The number of aliphatic hydroxyl groups is 1. The topological polar surface area (TPSA) is 88.5 Å². The van der Waals surface area contributed by atoms with Gasteiger partial charge < -0.3 is 20.5 Å². The Kier molecular flexibility index (Phi) is 3.64. The van der Waals surface area contributed by atoms with E-state index in [1.54, 1.807) is 12.1 Å². The molecule has 4 N–H and O–H groups in total. The number of hydrogen-bond acceptors (Lipinski definition) is 3. The largest absolute Gasteiger partial charge is 0.478 e. The zero-order valence-corrected chi connectivity index (χ0v) is 9.97. The van der Waals surface area contributed by atoms with Gasteiger partial charge in [0.1, 0.15) is 0 Å². The van der Waals surface area contributed by atoms with Crippen molar-refractivity contribution in [1.29, 1.82) is 0 Å². The summed E-state index contributed by atoms with van der Waals surface area (Å²) < 4.78 is 1.87. The second-order valence-electron chi connectivity index (χ2n) is 4.11. The van der Waals surface area contributed by atoms with Crippen molar-refractivity contribution in [1.82, 2.24) is 4.57 Å². The van der Waals surface area contributed by atoms with E-state index in [2.05, 4.69) is 0 Å². The number of carboxylic acids is 1. The van der Waals surface area contributed by atoms with E-state index in [1.165, 1.54) is 0 Å². The molecule has 5 heteroatoms. The highest BCUT2D eigenvalue weighted by molar-refractivity contribution is 6.04. The third-order valence-electron chi connectivity index (χ3n) is 2.97. The Morgan fingerprint density at radius 1 is 1.39 bits per heavy atom. The van der Waals surface area contributed by atoms with E-state index in [0.29, 0.717) is 19.5 Å². The van der Waals surface area contributed by atoms with Crippen LogP contribution in [0.2, 0.25) is 0 Å². The van der Waals surface area contributed by atoms with Gasteiger partial charge in [0, 0.05) is 23.6 Å². The van der Waals surface area contributed by atoms with Gasteiger partial charge in [-0.25, -0.2) is 4.79 Å². The summed E-state index contributed by atoms with van der Waals surface area (Å²) in [6.07, 6.45) is 2.50. The Labute approximate surface area is 104 Å². The van der Waals surface area contributed by atoms with Crippen molar-refractivity contribution in [3.05, 3.63) is 35.5 Å². The molecule has 0 bridgehead atoms. The van der Waals surface area contributed by atoms with Crippen molar-refractivity contribution in [2.24, 2.45) is 5.73 Å². The van der Waals surface area contributed by atoms with Crippen LogP contribution in [-0.4, -0.2) is 33.9 Å². The molecule has 18 heavy (non-hydrogen) atoms. The van der Waals surface area contributed by atoms with Crippen molar-refractivity contribution in [3.8, 4) is 0 Å². The second kappa shape index (κ2) is 5.20. The molecule has 0 unspecified atom stereocenters. The molecule has 0 aliphatic rings. The minimum absolute atomic E-state index is 0.0170. The Morgan fingerprint density at radius 2 is 2.17 bits per heavy atom. The van der Waals surface area contributed by atoms with Crippen LogP contribution in [0.3, 0.4) is 0 Å². The average Bonchev–Trinajstić information content (AvgIpc) is 2.69. The maximum atomic E-state index is 11.2. The monoisotopic (exact) mass is 248 g/mol. The molecule has 2 rings (SSSR count). The van der Waals surface area contributed by atoms with E-state index >= 15 is 0 Å². The zero-order chi connectivity index (χ0) is 13.1. The van der Waals surface area contributed by atoms with E-state index in [-0.39, 0.29) is 12.2 Å². The molecule has 2 aromatic rings. The Hall–Kier alpha value is -1.85. The van der Waals surface area contributed by atoms with E-state index in [4.69, 9.17) is 10.8 Å². The minimum atomic E-state index is -0.944. The van der Waals surface area contributed by atoms with Crippen LogP contribution in [-0.2, 0) is 13.0 Å². The number of carboxylic acid groups (broad SMARTS) is 1. The van der Waals surface area contributed by atoms with Gasteiger partial charge in [0.2, 0.25) is 0 Å². The van der Waals surface area contributed by atoms with Crippen LogP contribution in [0.25, 0.3) is 10.9 Å². The fourth-order valence-electron chi connectivity index (χ4n) is 2.26. The summed E-state index contributed by atoms with van der Waals surface area (Å²) >= 11 is 0. The van der Waals surface area contributed by atoms with Crippen LogP contribution in [0.4, 0.5) is 0 Å². The molecular weight excluding hydrogens is 232 g/mol. The van der Waals surface area contributed by atoms with Crippen LogP contribution in [0.5, 0.6) is 0 Å². The number of aromatic carboxylic acids is 1. The summed E-state index contributed by atoms with van der Waals surface area (Å²) in [6.45, 7) is 0.930. The number of aromatic nitrogens is 1. The second-order valence-corrected chi connectivity index (χ2v) is 4.11. The zero-order valence-electron chi connectivity index (χ0n) is 9.97. The fraction of sp³-hybridized carbons (Fsp3) is 0.308. The third kappa shape index (κ3) is 2.10. The first kappa shape index (κ1) is 12.6. The average molecular weight is 248 g/mol. The molecule has 5 nitrogen and oxygen atoms in total. The van der Waals surface area contributed by atoms with Gasteiger partial charge in [-0.2, -0.15) is 0 Å². The lowest BCUT2D eigenvalue weighted by Gasteiger charge is -2.03. The molecule has 0 aliphatic carbocycles. The molecule has 1 aromatic carbocycles. The summed E-state index contributed by atoms with van der Waals surface area (Å²) in [4.78, 5) is 11.2. The molecule has 1 aromatic heterocycles. The fourth-order valence-corrected chi connectivity index (χ4v) is 2.26. The van der Waals surface area contributed by atoms with Gasteiger partial charge in [-0.15, -0.1) is 0 Å². The predicted octanol–water partition coefficient (Wildman–Crippen LogP) is 0.833. The number of rotatable bonds is 5. The van der Waals surface area contributed by atoms with Crippen LogP contribution < -0.4 is 5.73 Å². The Morgan fingerprint density at radius 3 is 2.78 bits per heavy atom. The molecule has 0 aliphatic heterocycles. The standard InChI is InChI=1S/C13H16N2O3/c14-5-4-9-8-15(6-7-16)11-3-1-2-10(12(9)11)13(17)18/h1-3,8,16H,4-7,14H2,(H,17,18). The van der Waals surface area contributed by atoms with E-state index in [0.717, 1.165) is 16.5 Å². The molecule has 0 saturated carbocycles. The number of fused-ring (bicyclic) bond motifs is 1. The van der Waals surface area contributed by atoms with Crippen molar-refractivity contribution in [2.75, 3.05) is 13.2 Å². The van der Waals surface area contributed by atoms with Gasteiger partial charge in [-0.05, 0) is 30.7 Å². The lowest BCUT2D eigenvalue weighted by Crippen LogP contribution is -2.04. The van der Waals surface area contributed by atoms with Gasteiger partial charge >= 0.3 is 5.97 Å². The SMILES string of the molecule is NCCc1cn(CCO)c2cccc(C(=O)O)c12. The third-order valence-corrected chi connectivity index (χ3v) is 2.97. The summed E-state index contributed by atoms with van der Waals surface area (Å²) in [5, 5.41) is 19.0. The van der Waals surface area contributed by atoms with Gasteiger partial charge in [0.25, 0.3) is 0 Å². The first-order valence-electron chi connectivity index (χ1n) is 5.84. The summed E-state index contributed by atoms with van der Waals surface area (Å²) in [5.74, 6) is -0.944. The lowest BCUT2D eigenvalue weighted by molar-refractivity contribution is 0.0699. The first-order valence-corrected chi connectivity index (χ1v) is 5.84. The van der Waals surface area contributed by atoms with Gasteiger partial charge in [0.15, 0.2) is 0 Å². The number of hydrogen-bond donors (Lipinski definition) is 3. The minimum Gasteiger partial charge on any atom is -0.478 e. The number of carbonyl (C=O) groups is 1. The molecule has 0 radical (unpaired) electrons. The van der Waals surface area contributed by atoms with E-state index in [1.807, 2.05) is 16.8 Å². The van der Waals surface area contributed by atoms with Crippen molar-refractivity contribution in [3.63, 3.8) is 0 Å². The number of nitrogens with zero attached hydrogens (tertiary/aromatic N) is 1. The first-order chi connectivity index (χ1) is 8.69. The predicted molar refractivity (Wildman–Crippen MR) is 68.7 cm³/mol. The molecule has 96 valence electrons. The molecule has 0 saturated heterocycles. The molecule has 0 spiro atoms. The summed E-state index contributed by atoms with van der Waals surface area (Å²) in [5.41, 5.74) is 7.58. The quantitative estimate of drug-likeness (QED) is 0.731. The van der Waals surface area contributed by atoms with Crippen LogP contribution in [0, 0.1) is 0 Å². The van der Waals surface area contributed by atoms with Crippen molar-refractivity contribution in [2.45, 2.75) is 13.0 Å². The van der Waals surface area contributed by atoms with Crippen LogP contribution in [0.15, 0.2) is 24.4 Å². The van der Waals surface area contributed by atoms with E-state index in [9.17, 15) is 9.90 Å². The van der Waals surface area contributed by atoms with Gasteiger partial charge in [0.05, 0.1) is 12.2 Å². The summed E-state index contributed by atoms with van der Waals surface area (Å²) in [7, 11) is 0. The Bertz CT molecular complexity index is 575. The lowest BCUT2D eigenvalue weighted by atomic mass is 10.0. The highest BCUT2D eigenvalue weighted by Crippen LogP contribution is 2.25. The normalized spacial score (nSPS) is 11.0. The molecule has 0 atom stereocenters. The van der Waals surface area contributed by atoms with Crippen molar-refractivity contribution < 1.29 is 15.0 Å². The van der Waals surface area contributed by atoms with Crippen LogP contribution >= 0.6 is 0 Å². The maximum absolute atomic E-state index is 11.2. The smallest absolute Gasteiger partial charge is 0.336 e. The van der Waals surface area contributed by atoms with Gasteiger partial charge in [-0.1, -0.05) is 6.07 Å². The molecule has 0 fully saturated rings. The van der Waals surface area contributed by atoms with Gasteiger partial charge in [-0.3, -0.25) is 0 Å². The number of benzene rings is 1. The number of aliphatic hydroxyl groups excluding tert-OH is 1. The highest BCUT2D eigenvalue weighted by atomic mass is 16.4. The van der Waals surface area contributed by atoms with Crippen LogP contribution in [0.1, 0.15) is 15.9 Å². The Balaban J connectivity index is 2.70. The molecule has 1 heterocycles. The highest BCUT2D eigenvalue weighted by Gasteiger charge is 2.15. The van der Waals surface area contributed by atoms with E-state index < -0.39 is 5.97 Å². The maximum Gasteiger partial charge on any atom is 0.336 e. The molecule has 0 amide bonds. The number of nitrogens with two attached hydrogens (primary N) is 1. The molecular formula is C13H16N2O3.